The van der Waals surface area contributed by atoms with Gasteiger partial charge in [-0.2, -0.15) is 0 Å². The van der Waals surface area contributed by atoms with Crippen molar-refractivity contribution in [2.75, 3.05) is 12.3 Å². The summed E-state index contributed by atoms with van der Waals surface area (Å²) in [5.41, 5.74) is 14.4. The maximum Gasteiger partial charge on any atom is 0.239 e. The number of sulfonamides is 1. The molecule has 2 amide bonds. The average Bonchev–Trinajstić information content (AvgIpc) is 2.90. The predicted octanol–water partition coefficient (Wildman–Crippen LogP) is 0.801. The van der Waals surface area contributed by atoms with Crippen LogP contribution in [-0.2, 0) is 38.3 Å². The number of benzene rings is 2. The van der Waals surface area contributed by atoms with Gasteiger partial charge in [-0.1, -0.05) is 36.4 Å². The zero-order valence-electron chi connectivity index (χ0n) is 20.7. The van der Waals surface area contributed by atoms with Gasteiger partial charge >= 0.3 is 0 Å². The molecule has 12 heteroatoms. The van der Waals surface area contributed by atoms with E-state index in [-0.39, 0.29) is 31.1 Å². The molecule has 200 valence electrons. The minimum Gasteiger partial charge on any atom is -0.399 e. The van der Waals surface area contributed by atoms with Crippen molar-refractivity contribution in [1.29, 1.82) is 5.41 Å². The first kappa shape index (κ1) is 28.3. The molecule has 1 unspecified atom stereocenters. The second-order valence-corrected chi connectivity index (χ2v) is 10.4. The molecule has 0 aliphatic rings. The minimum absolute atomic E-state index is 0.0501. The number of aryl methyl sites for hydroxylation is 1. The van der Waals surface area contributed by atoms with Crippen molar-refractivity contribution in [1.82, 2.24) is 20.3 Å². The molecule has 8 N–H and O–H groups in total. The summed E-state index contributed by atoms with van der Waals surface area (Å²) in [6.07, 6.45) is 3.84. The molecule has 3 aromatic rings. The molecule has 0 radical (unpaired) electrons. The van der Waals surface area contributed by atoms with Crippen LogP contribution >= 0.6 is 0 Å². The van der Waals surface area contributed by atoms with Crippen molar-refractivity contribution in [3.05, 3.63) is 95.3 Å². The first-order valence-electron chi connectivity index (χ1n) is 11.8. The number of nitrogens with two attached hydrogens (primary N) is 2. The molecule has 0 fully saturated rings. The van der Waals surface area contributed by atoms with E-state index in [2.05, 4.69) is 20.3 Å². The SMILES string of the molecule is N=C(N)c1ccc(CNC(=O)CNC(=O)C(CCc2ccncc2)NS(=O)(=O)Cc2ccc(N)cc2)cc1. The number of aromatic nitrogens is 1. The van der Waals surface area contributed by atoms with Crippen LogP contribution in [0.3, 0.4) is 0 Å². The van der Waals surface area contributed by atoms with Gasteiger partial charge in [-0.15, -0.1) is 0 Å². The maximum atomic E-state index is 12.9. The Balaban J connectivity index is 1.58. The van der Waals surface area contributed by atoms with Gasteiger partial charge < -0.3 is 22.1 Å². The Bertz CT molecular complexity index is 1350. The van der Waals surface area contributed by atoms with E-state index < -0.39 is 27.9 Å². The van der Waals surface area contributed by atoms with E-state index in [4.69, 9.17) is 16.9 Å². The van der Waals surface area contributed by atoms with Gasteiger partial charge in [0, 0.05) is 30.2 Å². The van der Waals surface area contributed by atoms with Crippen molar-refractivity contribution >= 4 is 33.4 Å². The zero-order chi connectivity index (χ0) is 27.5. The molecular weight excluding hydrogens is 506 g/mol. The number of nitrogen functional groups attached to an aromatic ring is 2. The number of hydrogen-bond acceptors (Lipinski definition) is 7. The maximum absolute atomic E-state index is 12.9. The first-order chi connectivity index (χ1) is 18.1. The van der Waals surface area contributed by atoms with Crippen molar-refractivity contribution in [3.63, 3.8) is 0 Å². The molecule has 38 heavy (non-hydrogen) atoms. The molecule has 0 bridgehead atoms. The molecule has 3 rings (SSSR count). The number of hydrogen-bond donors (Lipinski definition) is 6. The van der Waals surface area contributed by atoms with Gasteiger partial charge in [0.1, 0.15) is 11.9 Å². The Morgan fingerprint density at radius 2 is 1.53 bits per heavy atom. The molecule has 0 aliphatic heterocycles. The summed E-state index contributed by atoms with van der Waals surface area (Å²) in [6.45, 7) is -0.109. The fourth-order valence-corrected chi connectivity index (χ4v) is 4.92. The van der Waals surface area contributed by atoms with Gasteiger partial charge in [0.05, 0.1) is 12.3 Å². The van der Waals surface area contributed by atoms with E-state index >= 15 is 0 Å². The summed E-state index contributed by atoms with van der Waals surface area (Å²) in [4.78, 5) is 29.2. The molecule has 11 nitrogen and oxygen atoms in total. The van der Waals surface area contributed by atoms with Crippen LogP contribution in [0.4, 0.5) is 5.69 Å². The van der Waals surface area contributed by atoms with Crippen LogP contribution in [0.5, 0.6) is 0 Å². The Hall–Kier alpha value is -4.29. The van der Waals surface area contributed by atoms with Crippen molar-refractivity contribution < 1.29 is 18.0 Å². The number of nitrogens with zero attached hydrogens (tertiary/aromatic N) is 1. The second-order valence-electron chi connectivity index (χ2n) is 8.67. The summed E-state index contributed by atoms with van der Waals surface area (Å²) in [6, 6.07) is 15.7. The van der Waals surface area contributed by atoms with Gasteiger partial charge in [-0.3, -0.25) is 20.0 Å². The zero-order valence-corrected chi connectivity index (χ0v) is 21.5. The topological polar surface area (TPSA) is 193 Å². The number of amidine groups is 1. The summed E-state index contributed by atoms with van der Waals surface area (Å²) in [5.74, 6) is -1.42. The molecule has 2 aromatic carbocycles. The number of nitrogens with one attached hydrogen (secondary N) is 4. The van der Waals surface area contributed by atoms with Crippen LogP contribution in [-0.4, -0.2) is 43.6 Å². The highest BCUT2D eigenvalue weighted by Gasteiger charge is 2.25. The highest BCUT2D eigenvalue weighted by molar-refractivity contribution is 7.88. The molecule has 1 aromatic heterocycles. The Morgan fingerprint density at radius 1 is 0.895 bits per heavy atom. The fraction of sp³-hybridized carbons (Fsp3) is 0.231. The fourth-order valence-electron chi connectivity index (χ4n) is 3.55. The Labute approximate surface area is 221 Å². The van der Waals surface area contributed by atoms with Crippen molar-refractivity contribution in [3.8, 4) is 0 Å². The number of anilines is 1. The smallest absolute Gasteiger partial charge is 0.239 e. The van der Waals surface area contributed by atoms with Gasteiger partial charge in [0.25, 0.3) is 0 Å². The lowest BCUT2D eigenvalue weighted by atomic mass is 10.1. The molecule has 0 spiro atoms. The molecule has 1 heterocycles. The van der Waals surface area contributed by atoms with E-state index in [0.29, 0.717) is 23.2 Å². The predicted molar refractivity (Wildman–Crippen MR) is 145 cm³/mol. The molecule has 0 aliphatic carbocycles. The van der Waals surface area contributed by atoms with Crippen LogP contribution in [0.1, 0.15) is 28.7 Å². The third kappa shape index (κ3) is 9.30. The van der Waals surface area contributed by atoms with Gasteiger partial charge in [-0.25, -0.2) is 13.1 Å². The Kier molecular flexibility index (Phi) is 9.91. The number of pyridine rings is 1. The third-order valence-corrected chi connectivity index (χ3v) is 6.98. The molecule has 0 saturated heterocycles. The lowest BCUT2D eigenvalue weighted by Gasteiger charge is -2.19. The standard InChI is InChI=1S/C26H31N7O4S/c27-22-8-3-20(4-9-22)17-38(36,37)33-23(10-5-18-11-13-30-14-12-18)26(35)32-16-24(34)31-15-19-1-6-21(7-2-19)25(28)29/h1-4,6-9,11-14,23,33H,5,10,15-17,27H2,(H3,28,29)(H,31,34)(H,32,35). The van der Waals surface area contributed by atoms with Crippen LogP contribution < -0.4 is 26.8 Å². The van der Waals surface area contributed by atoms with Gasteiger partial charge in [0.2, 0.25) is 21.8 Å². The summed E-state index contributed by atoms with van der Waals surface area (Å²) in [7, 11) is -3.88. The van der Waals surface area contributed by atoms with Crippen LogP contribution in [0, 0.1) is 5.41 Å². The van der Waals surface area contributed by atoms with Crippen molar-refractivity contribution in [2.45, 2.75) is 31.2 Å². The number of amides is 2. The largest absolute Gasteiger partial charge is 0.399 e. The lowest BCUT2D eigenvalue weighted by Crippen LogP contribution is -2.49. The minimum atomic E-state index is -3.88. The summed E-state index contributed by atoms with van der Waals surface area (Å²) in [5, 5.41) is 12.6. The van der Waals surface area contributed by atoms with E-state index in [1.807, 2.05) is 0 Å². The monoisotopic (exact) mass is 537 g/mol. The number of rotatable bonds is 13. The number of carbonyl (C=O) groups excluding carboxylic acids is 2. The van der Waals surface area contributed by atoms with Crippen molar-refractivity contribution in [2.24, 2.45) is 5.73 Å². The number of carbonyl (C=O) groups is 2. The highest BCUT2D eigenvalue weighted by atomic mass is 32.2. The van der Waals surface area contributed by atoms with Crippen LogP contribution in [0.25, 0.3) is 0 Å². The van der Waals surface area contributed by atoms with E-state index in [0.717, 1.165) is 11.1 Å². The first-order valence-corrected chi connectivity index (χ1v) is 13.5. The molecule has 0 saturated carbocycles. The van der Waals surface area contributed by atoms with E-state index in [1.165, 1.54) is 0 Å². The summed E-state index contributed by atoms with van der Waals surface area (Å²) >= 11 is 0. The normalized spacial score (nSPS) is 11.9. The highest BCUT2D eigenvalue weighted by Crippen LogP contribution is 2.11. The Morgan fingerprint density at radius 3 is 2.16 bits per heavy atom. The average molecular weight is 538 g/mol. The lowest BCUT2D eigenvalue weighted by molar-refractivity contribution is -0.127. The van der Waals surface area contributed by atoms with E-state index in [9.17, 15) is 18.0 Å². The van der Waals surface area contributed by atoms with E-state index in [1.54, 1.807) is 73.1 Å². The van der Waals surface area contributed by atoms with Gasteiger partial charge in [0.15, 0.2) is 0 Å². The molecule has 1 atom stereocenters. The van der Waals surface area contributed by atoms with Crippen LogP contribution in [0.15, 0.2) is 73.1 Å². The molecular formula is C26H31N7O4S. The quantitative estimate of drug-likeness (QED) is 0.105. The van der Waals surface area contributed by atoms with Crippen LogP contribution in [0.2, 0.25) is 0 Å². The second kappa shape index (κ2) is 13.3. The van der Waals surface area contributed by atoms with Gasteiger partial charge in [-0.05, 0) is 53.8 Å². The summed E-state index contributed by atoms with van der Waals surface area (Å²) < 4.78 is 28.2. The third-order valence-electron chi connectivity index (χ3n) is 5.62.